The lowest BCUT2D eigenvalue weighted by Gasteiger charge is -2.28. The fraction of sp³-hybridized carbons (Fsp3) is 0.706. The number of rotatable bonds is 13. The molecule has 6 atom stereocenters. The summed E-state index contributed by atoms with van der Waals surface area (Å²) < 4.78 is 0. The van der Waals surface area contributed by atoms with Crippen molar-refractivity contribution in [3.8, 4) is 0 Å². The molecule has 13 nitrogen and oxygen atoms in total. The van der Waals surface area contributed by atoms with Crippen LogP contribution in [0.4, 0.5) is 0 Å². The molecule has 13 heteroatoms. The summed E-state index contributed by atoms with van der Waals surface area (Å²) >= 11 is 0. The summed E-state index contributed by atoms with van der Waals surface area (Å²) in [6, 6.07) is -5.66. The molecular weight excluding hydrogens is 402 g/mol. The fourth-order valence-electron chi connectivity index (χ4n) is 2.36. The SMILES string of the molecule is CCC(C)C(NC(=O)C(CC(N)=O)NC(=O)C(N)CO)C(=O)NC(C(=O)O)C(C)O. The van der Waals surface area contributed by atoms with Crippen molar-refractivity contribution in [3.63, 3.8) is 0 Å². The normalized spacial score (nSPS) is 16.9. The van der Waals surface area contributed by atoms with Gasteiger partial charge in [0.15, 0.2) is 6.04 Å². The second-order valence-corrected chi connectivity index (χ2v) is 6.96. The Kier molecular flexibility index (Phi) is 11.5. The number of carbonyl (C=O) groups excluding carboxylic acids is 4. The number of nitrogens with two attached hydrogens (primary N) is 2. The van der Waals surface area contributed by atoms with Gasteiger partial charge in [0.05, 0.1) is 19.1 Å². The zero-order valence-electron chi connectivity index (χ0n) is 17.1. The molecule has 0 saturated heterocycles. The quantitative estimate of drug-likeness (QED) is 0.142. The number of nitrogens with one attached hydrogen (secondary N) is 3. The van der Waals surface area contributed by atoms with Gasteiger partial charge < -0.3 is 42.7 Å². The van der Waals surface area contributed by atoms with Gasteiger partial charge in [-0.15, -0.1) is 0 Å². The number of carbonyl (C=O) groups is 5. The second-order valence-electron chi connectivity index (χ2n) is 6.96. The van der Waals surface area contributed by atoms with E-state index in [4.69, 9.17) is 21.7 Å². The summed E-state index contributed by atoms with van der Waals surface area (Å²) in [5, 5.41) is 34.3. The van der Waals surface area contributed by atoms with Crippen LogP contribution in [0.15, 0.2) is 0 Å². The molecule has 0 fully saturated rings. The maximum atomic E-state index is 12.6. The minimum atomic E-state index is -1.61. The lowest BCUT2D eigenvalue weighted by Crippen LogP contribution is -2.60. The van der Waals surface area contributed by atoms with E-state index in [1.54, 1.807) is 13.8 Å². The molecule has 0 aliphatic heterocycles. The van der Waals surface area contributed by atoms with Crippen molar-refractivity contribution in [3.05, 3.63) is 0 Å². The zero-order valence-corrected chi connectivity index (χ0v) is 17.1. The molecule has 0 aromatic rings. The van der Waals surface area contributed by atoms with E-state index < -0.39 is 78.8 Å². The van der Waals surface area contributed by atoms with Crippen LogP contribution in [0.1, 0.15) is 33.6 Å². The molecule has 0 bridgehead atoms. The third-order valence-electron chi connectivity index (χ3n) is 4.41. The van der Waals surface area contributed by atoms with Crippen molar-refractivity contribution in [2.45, 2.75) is 63.9 Å². The number of primary amides is 1. The molecule has 0 aromatic heterocycles. The average Bonchev–Trinajstić information content (AvgIpc) is 2.66. The van der Waals surface area contributed by atoms with Crippen molar-refractivity contribution >= 4 is 29.6 Å². The van der Waals surface area contributed by atoms with Gasteiger partial charge in [-0.2, -0.15) is 0 Å². The number of aliphatic carboxylic acids is 1. The van der Waals surface area contributed by atoms with Crippen molar-refractivity contribution in [1.82, 2.24) is 16.0 Å². The van der Waals surface area contributed by atoms with Crippen molar-refractivity contribution in [2.24, 2.45) is 17.4 Å². The van der Waals surface area contributed by atoms with E-state index in [0.29, 0.717) is 6.42 Å². The summed E-state index contributed by atoms with van der Waals surface area (Å²) in [6.45, 7) is 3.82. The first-order valence-corrected chi connectivity index (χ1v) is 9.32. The van der Waals surface area contributed by atoms with Gasteiger partial charge in [0.1, 0.15) is 18.1 Å². The summed E-state index contributed by atoms with van der Waals surface area (Å²) in [6.07, 6.45) is -1.59. The summed E-state index contributed by atoms with van der Waals surface area (Å²) in [4.78, 5) is 59.6. The Balaban J connectivity index is 5.54. The minimum absolute atomic E-state index is 0.410. The van der Waals surface area contributed by atoms with Gasteiger partial charge in [-0.25, -0.2) is 4.79 Å². The van der Waals surface area contributed by atoms with Gasteiger partial charge in [0.25, 0.3) is 0 Å². The molecule has 0 saturated carbocycles. The average molecular weight is 433 g/mol. The maximum absolute atomic E-state index is 12.6. The Morgan fingerprint density at radius 1 is 0.933 bits per heavy atom. The van der Waals surface area contributed by atoms with Gasteiger partial charge in [0.2, 0.25) is 23.6 Å². The highest BCUT2D eigenvalue weighted by molar-refractivity contribution is 5.96. The van der Waals surface area contributed by atoms with Gasteiger partial charge in [-0.3, -0.25) is 19.2 Å². The Bertz CT molecular complexity index is 642. The summed E-state index contributed by atoms with van der Waals surface area (Å²) in [5.41, 5.74) is 10.5. The molecule has 4 amide bonds. The Hall–Kier alpha value is -2.77. The molecule has 6 unspecified atom stereocenters. The maximum Gasteiger partial charge on any atom is 0.328 e. The highest BCUT2D eigenvalue weighted by atomic mass is 16.4. The monoisotopic (exact) mass is 433 g/mol. The number of hydrogen-bond acceptors (Lipinski definition) is 8. The van der Waals surface area contributed by atoms with E-state index in [0.717, 1.165) is 0 Å². The largest absolute Gasteiger partial charge is 0.480 e. The van der Waals surface area contributed by atoms with Gasteiger partial charge in [-0.1, -0.05) is 20.3 Å². The number of carboxylic acids is 1. The number of aliphatic hydroxyl groups is 2. The molecule has 10 N–H and O–H groups in total. The van der Waals surface area contributed by atoms with Crippen LogP contribution >= 0.6 is 0 Å². The fourth-order valence-corrected chi connectivity index (χ4v) is 2.36. The smallest absolute Gasteiger partial charge is 0.328 e. The van der Waals surface area contributed by atoms with Gasteiger partial charge in [-0.05, 0) is 12.8 Å². The lowest BCUT2D eigenvalue weighted by atomic mass is 9.97. The van der Waals surface area contributed by atoms with Crippen molar-refractivity contribution in [2.75, 3.05) is 6.61 Å². The van der Waals surface area contributed by atoms with Crippen LogP contribution in [-0.4, -0.2) is 81.8 Å². The van der Waals surface area contributed by atoms with E-state index in [2.05, 4.69) is 16.0 Å². The highest BCUT2D eigenvalue weighted by Crippen LogP contribution is 2.10. The van der Waals surface area contributed by atoms with Crippen molar-refractivity contribution < 1.29 is 39.3 Å². The third-order valence-corrected chi connectivity index (χ3v) is 4.41. The lowest BCUT2D eigenvalue weighted by molar-refractivity contribution is -0.145. The van der Waals surface area contributed by atoms with E-state index in [9.17, 15) is 29.1 Å². The van der Waals surface area contributed by atoms with E-state index in [1.165, 1.54) is 6.92 Å². The van der Waals surface area contributed by atoms with Crippen LogP contribution in [0.5, 0.6) is 0 Å². The van der Waals surface area contributed by atoms with E-state index >= 15 is 0 Å². The van der Waals surface area contributed by atoms with Crippen LogP contribution in [0.25, 0.3) is 0 Å². The first kappa shape index (κ1) is 27.2. The molecule has 0 heterocycles. The Morgan fingerprint density at radius 3 is 1.87 bits per heavy atom. The first-order chi connectivity index (χ1) is 13.8. The molecule has 172 valence electrons. The molecule has 0 aliphatic carbocycles. The summed E-state index contributed by atoms with van der Waals surface area (Å²) in [5.74, 6) is -5.58. The highest BCUT2D eigenvalue weighted by Gasteiger charge is 2.34. The van der Waals surface area contributed by atoms with Crippen LogP contribution in [0.2, 0.25) is 0 Å². The van der Waals surface area contributed by atoms with E-state index in [-0.39, 0.29) is 0 Å². The van der Waals surface area contributed by atoms with Crippen LogP contribution in [-0.2, 0) is 24.0 Å². The Labute approximate surface area is 173 Å². The molecule has 0 radical (unpaired) electrons. The van der Waals surface area contributed by atoms with Gasteiger partial charge >= 0.3 is 5.97 Å². The summed E-state index contributed by atoms with van der Waals surface area (Å²) in [7, 11) is 0. The number of hydrogen-bond donors (Lipinski definition) is 8. The number of amides is 4. The molecular formula is C17H31N5O8. The molecule has 0 aliphatic rings. The van der Waals surface area contributed by atoms with Crippen LogP contribution < -0.4 is 27.4 Å². The molecule has 0 aromatic carbocycles. The molecule has 0 spiro atoms. The van der Waals surface area contributed by atoms with Crippen molar-refractivity contribution in [1.29, 1.82) is 0 Å². The zero-order chi connectivity index (χ0) is 23.6. The topological polar surface area (TPSA) is 234 Å². The number of carboxylic acid groups (broad SMARTS) is 1. The number of aliphatic hydroxyl groups excluding tert-OH is 2. The standard InChI is InChI=1S/C17H31N5O8/c1-4-7(2)12(16(28)22-13(8(3)24)17(29)30)21-15(27)10(5-11(19)25)20-14(26)9(18)6-23/h7-10,12-13,23-24H,4-6,18H2,1-3H3,(H2,19,25)(H,20,26)(H,21,27)(H,22,28)(H,29,30). The van der Waals surface area contributed by atoms with Crippen LogP contribution in [0.3, 0.4) is 0 Å². The molecule has 0 rings (SSSR count). The van der Waals surface area contributed by atoms with E-state index in [1.807, 2.05) is 0 Å². The third kappa shape index (κ3) is 8.71. The minimum Gasteiger partial charge on any atom is -0.480 e. The van der Waals surface area contributed by atoms with Gasteiger partial charge in [0, 0.05) is 0 Å². The predicted molar refractivity (Wildman–Crippen MR) is 103 cm³/mol. The second kappa shape index (κ2) is 12.7. The van der Waals surface area contributed by atoms with Crippen LogP contribution in [0, 0.1) is 5.92 Å². The molecule has 30 heavy (non-hydrogen) atoms. The Morgan fingerprint density at radius 2 is 1.47 bits per heavy atom. The predicted octanol–water partition coefficient (Wildman–Crippen LogP) is -3.85. The first-order valence-electron chi connectivity index (χ1n) is 9.32.